The molecule has 2 aromatic rings. The molecule has 0 bridgehead atoms. The monoisotopic (exact) mass is 422 g/mol. The maximum Gasteiger partial charge on any atom is 0.328 e. The fraction of sp³-hybridized carbons (Fsp3) is 0.464. The minimum Gasteiger partial charge on any atom is -0.507 e. The summed E-state index contributed by atoms with van der Waals surface area (Å²) in [5.74, 6) is -0.611. The Kier molecular flexibility index (Phi) is 7.41. The molecule has 0 spiro atoms. The molecule has 0 aliphatic rings. The van der Waals surface area contributed by atoms with Crippen molar-refractivity contribution >= 4 is 12.0 Å². The lowest BCUT2D eigenvalue weighted by Gasteiger charge is -2.29. The highest BCUT2D eigenvalue weighted by Gasteiger charge is 2.26. The fourth-order valence-electron chi connectivity index (χ4n) is 4.02. The fourth-order valence-corrected chi connectivity index (χ4v) is 4.02. The van der Waals surface area contributed by atoms with Crippen LogP contribution in [0.3, 0.4) is 0 Å². The van der Waals surface area contributed by atoms with Crippen LogP contribution in [0.2, 0.25) is 0 Å². The van der Waals surface area contributed by atoms with Crippen molar-refractivity contribution in [1.29, 1.82) is 0 Å². The van der Waals surface area contributed by atoms with E-state index in [4.69, 9.17) is 0 Å². The van der Waals surface area contributed by atoms with Gasteiger partial charge in [0, 0.05) is 18.1 Å². The first-order valence-electron chi connectivity index (χ1n) is 11.2. The maximum absolute atomic E-state index is 11.3. The predicted molar refractivity (Wildman–Crippen MR) is 130 cm³/mol. The average molecular weight is 423 g/mol. The van der Waals surface area contributed by atoms with Gasteiger partial charge < -0.3 is 10.2 Å². The average Bonchev–Trinajstić information content (AvgIpc) is 2.68. The molecule has 0 unspecified atom stereocenters. The van der Waals surface area contributed by atoms with E-state index in [1.807, 2.05) is 6.07 Å². The molecule has 0 atom stereocenters. The van der Waals surface area contributed by atoms with Crippen LogP contribution >= 0.6 is 0 Å². The number of hydrogen-bond acceptors (Lipinski definition) is 2. The van der Waals surface area contributed by atoms with Crippen LogP contribution in [0.1, 0.15) is 93.3 Å². The summed E-state index contributed by atoms with van der Waals surface area (Å²) in [5, 5.41) is 20.5. The molecule has 0 aliphatic carbocycles. The zero-order chi connectivity index (χ0) is 23.6. The van der Waals surface area contributed by atoms with Gasteiger partial charge in [-0.05, 0) is 65.8 Å². The number of aliphatic carboxylic acids is 1. The molecule has 0 saturated carbocycles. The van der Waals surface area contributed by atoms with E-state index in [1.165, 1.54) is 6.08 Å². The van der Waals surface area contributed by atoms with Crippen LogP contribution in [-0.4, -0.2) is 16.2 Å². The van der Waals surface area contributed by atoms with Crippen LogP contribution in [0, 0.1) is 13.8 Å². The molecule has 2 N–H and O–H groups in total. The number of carbonyl (C=O) groups is 1. The van der Waals surface area contributed by atoms with Crippen LogP contribution < -0.4 is 0 Å². The predicted octanol–water partition coefficient (Wildman–Crippen LogP) is 7.07. The van der Waals surface area contributed by atoms with E-state index in [2.05, 4.69) is 73.6 Å². The summed E-state index contributed by atoms with van der Waals surface area (Å²) in [6, 6.07) is 8.40. The van der Waals surface area contributed by atoms with Gasteiger partial charge in [-0.15, -0.1) is 0 Å². The van der Waals surface area contributed by atoms with E-state index in [9.17, 15) is 15.0 Å². The van der Waals surface area contributed by atoms with Crippen molar-refractivity contribution in [1.82, 2.24) is 0 Å². The molecule has 2 aromatic carbocycles. The van der Waals surface area contributed by atoms with Crippen molar-refractivity contribution in [3.63, 3.8) is 0 Å². The molecule has 0 heterocycles. The number of aromatic hydroxyl groups is 1. The molecule has 3 heteroatoms. The Morgan fingerprint density at radius 2 is 1.35 bits per heavy atom. The Morgan fingerprint density at radius 3 is 1.87 bits per heavy atom. The van der Waals surface area contributed by atoms with E-state index >= 15 is 0 Å². The van der Waals surface area contributed by atoms with Gasteiger partial charge in [-0.25, -0.2) is 4.79 Å². The minimum absolute atomic E-state index is 0.0943. The smallest absolute Gasteiger partial charge is 0.328 e. The summed E-state index contributed by atoms with van der Waals surface area (Å²) in [6.07, 6.45) is 5.34. The highest BCUT2D eigenvalue weighted by Crippen LogP contribution is 2.39. The molecule has 0 radical (unpaired) electrons. The summed E-state index contributed by atoms with van der Waals surface area (Å²) in [6.45, 7) is 17.1. The molecule has 0 amide bonds. The van der Waals surface area contributed by atoms with E-state index in [0.717, 1.165) is 51.8 Å². The molecule has 2 rings (SSSR count). The van der Waals surface area contributed by atoms with E-state index < -0.39 is 5.97 Å². The van der Waals surface area contributed by atoms with Gasteiger partial charge in [0.1, 0.15) is 5.75 Å². The zero-order valence-corrected chi connectivity index (χ0v) is 20.4. The first-order valence-corrected chi connectivity index (χ1v) is 11.2. The lowest BCUT2D eigenvalue weighted by atomic mass is 9.76. The number of benzene rings is 2. The van der Waals surface area contributed by atoms with Crippen LogP contribution in [0.15, 0.2) is 30.3 Å². The summed E-state index contributed by atoms with van der Waals surface area (Å²) < 4.78 is 0. The molecular formula is C28H38O3. The number of phenolic OH excluding ortho intramolecular Hbond substituents is 1. The van der Waals surface area contributed by atoms with Crippen LogP contribution in [0.5, 0.6) is 5.75 Å². The number of phenols is 1. The number of carboxylic acids is 1. The Balaban J connectivity index is 2.74. The van der Waals surface area contributed by atoms with Crippen LogP contribution in [-0.2, 0) is 22.0 Å². The van der Waals surface area contributed by atoms with Crippen molar-refractivity contribution < 1.29 is 15.0 Å². The second-order valence-corrected chi connectivity index (χ2v) is 10.0. The third-order valence-electron chi connectivity index (χ3n) is 6.74. The normalized spacial score (nSPS) is 12.5. The van der Waals surface area contributed by atoms with E-state index in [-0.39, 0.29) is 10.8 Å². The van der Waals surface area contributed by atoms with Gasteiger partial charge in [0.25, 0.3) is 0 Å². The zero-order valence-electron chi connectivity index (χ0n) is 20.4. The van der Waals surface area contributed by atoms with Crippen molar-refractivity contribution in [2.75, 3.05) is 0 Å². The molecule has 31 heavy (non-hydrogen) atoms. The third kappa shape index (κ3) is 5.58. The van der Waals surface area contributed by atoms with Gasteiger partial charge in [0.05, 0.1) is 0 Å². The Bertz CT molecular complexity index is 994. The highest BCUT2D eigenvalue weighted by molar-refractivity contribution is 5.86. The molecule has 168 valence electrons. The van der Waals surface area contributed by atoms with Crippen LogP contribution in [0.4, 0.5) is 0 Å². The Labute approximate surface area is 187 Å². The third-order valence-corrected chi connectivity index (χ3v) is 6.74. The number of hydrogen-bond donors (Lipinski definition) is 2. The lowest BCUT2D eigenvalue weighted by Crippen LogP contribution is -2.19. The van der Waals surface area contributed by atoms with Crippen molar-refractivity contribution in [3.8, 4) is 5.75 Å². The molecule has 0 aromatic heterocycles. The molecule has 0 saturated heterocycles. The first-order chi connectivity index (χ1) is 14.3. The standard InChI is InChI=1S/C28H38O3/c1-9-27(5,6)23-15-18(3)13-20(22(23)11-12-25(29)30)17-21-14-19(4)16-24(26(21)31)28(7,8)10-2/h11-16,31H,9-10,17H2,1-8H3,(H,29,30). The van der Waals surface area contributed by atoms with Gasteiger partial charge >= 0.3 is 5.97 Å². The second kappa shape index (κ2) is 9.30. The van der Waals surface area contributed by atoms with Crippen LogP contribution in [0.25, 0.3) is 6.08 Å². The first kappa shape index (κ1) is 24.7. The van der Waals surface area contributed by atoms with Crippen molar-refractivity contribution in [2.45, 2.75) is 85.5 Å². The quantitative estimate of drug-likeness (QED) is 0.447. The van der Waals surface area contributed by atoms with Gasteiger partial charge in [-0.1, -0.05) is 76.9 Å². The van der Waals surface area contributed by atoms with Gasteiger partial charge in [0.2, 0.25) is 0 Å². The topological polar surface area (TPSA) is 57.5 Å². The SMILES string of the molecule is CCC(C)(C)c1cc(C)cc(Cc2cc(C)cc(C(C)(C)CC)c2C=CC(=O)O)c1O. The molecule has 0 aliphatic heterocycles. The van der Waals surface area contributed by atoms with E-state index in [1.54, 1.807) is 6.08 Å². The number of carboxylic acid groups (broad SMARTS) is 1. The molecule has 0 fully saturated rings. The van der Waals surface area contributed by atoms with Gasteiger partial charge in [-0.3, -0.25) is 0 Å². The summed E-state index contributed by atoms with van der Waals surface area (Å²) in [5.41, 5.74) is 7.01. The molecular weight excluding hydrogens is 384 g/mol. The Morgan fingerprint density at radius 1 is 0.871 bits per heavy atom. The highest BCUT2D eigenvalue weighted by atomic mass is 16.4. The lowest BCUT2D eigenvalue weighted by molar-refractivity contribution is -0.131. The largest absolute Gasteiger partial charge is 0.507 e. The van der Waals surface area contributed by atoms with E-state index in [0.29, 0.717) is 12.2 Å². The number of rotatable bonds is 8. The number of aryl methyl sites for hydroxylation is 2. The van der Waals surface area contributed by atoms with Gasteiger partial charge in [0.15, 0.2) is 0 Å². The summed E-state index contributed by atoms with van der Waals surface area (Å²) >= 11 is 0. The Hall–Kier alpha value is -2.55. The van der Waals surface area contributed by atoms with Crippen molar-refractivity contribution in [3.05, 3.63) is 69.3 Å². The van der Waals surface area contributed by atoms with Crippen molar-refractivity contribution in [2.24, 2.45) is 0 Å². The summed E-state index contributed by atoms with van der Waals surface area (Å²) in [7, 11) is 0. The van der Waals surface area contributed by atoms with Gasteiger partial charge in [-0.2, -0.15) is 0 Å². The minimum atomic E-state index is -0.961. The second-order valence-electron chi connectivity index (χ2n) is 10.0. The molecule has 3 nitrogen and oxygen atoms in total. The summed E-state index contributed by atoms with van der Waals surface area (Å²) in [4.78, 5) is 11.3. The maximum atomic E-state index is 11.3.